The quantitative estimate of drug-likeness (QED) is 0.526. The molecule has 1 aliphatic rings. The zero-order chi connectivity index (χ0) is 26.4. The maximum atomic E-state index is 11.7. The fraction of sp³-hybridized carbons (Fsp3) is 0.333. The highest BCUT2D eigenvalue weighted by Gasteiger charge is 2.38. The van der Waals surface area contributed by atoms with Crippen LogP contribution in [-0.2, 0) is 14.8 Å². The molecule has 3 N–H and O–H groups in total. The summed E-state index contributed by atoms with van der Waals surface area (Å²) in [7, 11) is -1.90. The molecule has 0 unspecified atom stereocenters. The molecule has 10 nitrogen and oxygen atoms in total. The zero-order valence-corrected chi connectivity index (χ0v) is 19.6. The molecule has 0 amide bonds. The Morgan fingerprint density at radius 3 is 1.91 bits per heavy atom. The summed E-state index contributed by atoms with van der Waals surface area (Å²) in [6, 6.07) is 12.3. The molecule has 35 heavy (non-hydrogen) atoms. The number of aliphatic carboxylic acids is 1. The first-order valence-corrected chi connectivity index (χ1v) is 11.9. The number of carboxylic acids is 2. The molecule has 2 aromatic carbocycles. The Balaban J connectivity index is 0.000000540. The van der Waals surface area contributed by atoms with Crippen molar-refractivity contribution in [3.8, 4) is 5.75 Å². The van der Waals surface area contributed by atoms with Crippen LogP contribution in [0.15, 0.2) is 42.5 Å². The third-order valence-corrected chi connectivity index (χ3v) is 5.43. The molecule has 1 heterocycles. The van der Waals surface area contributed by atoms with E-state index in [1.807, 2.05) is 24.3 Å². The minimum absolute atomic E-state index is 0.0340. The summed E-state index contributed by atoms with van der Waals surface area (Å²) < 4.78 is 62.8. The Hall–Kier alpha value is -3.68. The van der Waals surface area contributed by atoms with Gasteiger partial charge in [-0.05, 0) is 42.5 Å². The lowest BCUT2D eigenvalue weighted by Gasteiger charge is -2.38. The minimum atomic E-state index is -5.08. The van der Waals surface area contributed by atoms with Crippen LogP contribution in [0.1, 0.15) is 10.4 Å². The van der Waals surface area contributed by atoms with Crippen LogP contribution >= 0.6 is 0 Å². The monoisotopic (exact) mass is 519 g/mol. The van der Waals surface area contributed by atoms with E-state index in [0.717, 1.165) is 30.8 Å². The van der Waals surface area contributed by atoms with E-state index in [1.165, 1.54) is 12.1 Å². The lowest BCUT2D eigenvalue weighted by Crippen LogP contribution is -2.46. The molecule has 1 saturated heterocycles. The van der Waals surface area contributed by atoms with Crippen LogP contribution in [0, 0.1) is 0 Å². The SMILES string of the molecule is COc1ccc(N2CCN(c3ccc(C(=O)O)cc3NS(C)(=O)=O)CC2)cc1.O=C(O)C(F)(F)F. The van der Waals surface area contributed by atoms with Crippen LogP contribution in [0.4, 0.5) is 30.2 Å². The first kappa shape index (κ1) is 27.6. The fourth-order valence-electron chi connectivity index (χ4n) is 3.22. The van der Waals surface area contributed by atoms with Crippen molar-refractivity contribution in [2.24, 2.45) is 0 Å². The van der Waals surface area contributed by atoms with Crippen LogP contribution in [0.25, 0.3) is 0 Å². The van der Waals surface area contributed by atoms with Crippen LogP contribution in [0.2, 0.25) is 0 Å². The van der Waals surface area contributed by atoms with E-state index in [0.29, 0.717) is 18.8 Å². The van der Waals surface area contributed by atoms with Gasteiger partial charge in [-0.15, -0.1) is 0 Å². The molecule has 2 aromatic rings. The molecule has 0 bridgehead atoms. The minimum Gasteiger partial charge on any atom is -0.497 e. The second kappa shape index (κ2) is 11.2. The average molecular weight is 519 g/mol. The van der Waals surface area contributed by atoms with Gasteiger partial charge in [-0.2, -0.15) is 13.2 Å². The predicted octanol–water partition coefficient (Wildman–Crippen LogP) is 2.72. The molecule has 0 spiro atoms. The lowest BCUT2D eigenvalue weighted by molar-refractivity contribution is -0.192. The van der Waals surface area contributed by atoms with Gasteiger partial charge in [0.2, 0.25) is 10.0 Å². The van der Waals surface area contributed by atoms with Gasteiger partial charge in [0.25, 0.3) is 0 Å². The van der Waals surface area contributed by atoms with Crippen molar-refractivity contribution < 1.29 is 46.1 Å². The van der Waals surface area contributed by atoms with E-state index in [2.05, 4.69) is 14.5 Å². The van der Waals surface area contributed by atoms with E-state index < -0.39 is 28.1 Å². The number of rotatable bonds is 6. The van der Waals surface area contributed by atoms with Crippen LogP contribution in [-0.4, -0.2) is 76.3 Å². The highest BCUT2D eigenvalue weighted by atomic mass is 32.2. The Kier molecular flexibility index (Phi) is 8.79. The van der Waals surface area contributed by atoms with Crippen molar-refractivity contribution in [3.63, 3.8) is 0 Å². The second-order valence-electron chi connectivity index (χ2n) is 7.39. The number of halogens is 3. The molecule has 14 heteroatoms. The van der Waals surface area contributed by atoms with E-state index in [4.69, 9.17) is 14.6 Å². The van der Waals surface area contributed by atoms with Crippen molar-refractivity contribution in [2.45, 2.75) is 6.18 Å². The van der Waals surface area contributed by atoms with Gasteiger partial charge >= 0.3 is 18.1 Å². The van der Waals surface area contributed by atoms with Gasteiger partial charge < -0.3 is 24.7 Å². The summed E-state index contributed by atoms with van der Waals surface area (Å²) in [4.78, 5) is 24.4. The molecular weight excluding hydrogens is 495 g/mol. The van der Waals surface area contributed by atoms with Gasteiger partial charge in [-0.1, -0.05) is 0 Å². The van der Waals surface area contributed by atoms with E-state index >= 15 is 0 Å². The van der Waals surface area contributed by atoms with Crippen molar-refractivity contribution >= 4 is 39.0 Å². The van der Waals surface area contributed by atoms with E-state index in [9.17, 15) is 31.5 Å². The molecule has 1 aliphatic heterocycles. The smallest absolute Gasteiger partial charge is 0.490 e. The number of methoxy groups -OCH3 is 1. The van der Waals surface area contributed by atoms with Gasteiger partial charge in [0.1, 0.15) is 5.75 Å². The van der Waals surface area contributed by atoms with Crippen molar-refractivity contribution in [1.82, 2.24) is 0 Å². The number of carbonyl (C=O) groups is 2. The molecule has 0 aliphatic carbocycles. The number of nitrogens with one attached hydrogen (secondary N) is 1. The number of nitrogens with zero attached hydrogens (tertiary/aromatic N) is 2. The highest BCUT2D eigenvalue weighted by Crippen LogP contribution is 2.30. The lowest BCUT2D eigenvalue weighted by atomic mass is 10.1. The number of benzene rings is 2. The summed E-state index contributed by atoms with van der Waals surface area (Å²) in [6.07, 6.45) is -4.04. The fourth-order valence-corrected chi connectivity index (χ4v) is 3.79. The third kappa shape index (κ3) is 8.24. The van der Waals surface area contributed by atoms with Crippen molar-refractivity contribution in [3.05, 3.63) is 48.0 Å². The Morgan fingerprint density at radius 1 is 0.971 bits per heavy atom. The second-order valence-corrected chi connectivity index (χ2v) is 9.13. The van der Waals surface area contributed by atoms with E-state index in [1.54, 1.807) is 13.2 Å². The molecule has 3 rings (SSSR count). The number of ether oxygens (including phenoxy) is 1. The Bertz CT molecular complexity index is 1150. The third-order valence-electron chi connectivity index (χ3n) is 4.84. The topological polar surface area (TPSA) is 136 Å². The summed E-state index contributed by atoms with van der Waals surface area (Å²) in [5.74, 6) is -3.06. The van der Waals surface area contributed by atoms with Gasteiger partial charge in [0.15, 0.2) is 0 Å². The number of sulfonamides is 1. The summed E-state index contributed by atoms with van der Waals surface area (Å²) in [5.41, 5.74) is 2.08. The number of aromatic carboxylic acids is 1. The average Bonchev–Trinajstić information content (AvgIpc) is 2.78. The number of piperazine rings is 1. The first-order chi connectivity index (χ1) is 16.2. The van der Waals surface area contributed by atoms with Crippen LogP contribution in [0.3, 0.4) is 0 Å². The number of anilines is 3. The van der Waals surface area contributed by atoms with E-state index in [-0.39, 0.29) is 11.3 Å². The summed E-state index contributed by atoms with van der Waals surface area (Å²) in [5, 5.41) is 16.3. The van der Waals surface area contributed by atoms with Crippen molar-refractivity contribution in [2.75, 3.05) is 54.1 Å². The molecule has 0 aromatic heterocycles. The molecule has 1 fully saturated rings. The molecule has 0 radical (unpaired) electrons. The van der Waals surface area contributed by atoms with Crippen molar-refractivity contribution in [1.29, 1.82) is 0 Å². The highest BCUT2D eigenvalue weighted by molar-refractivity contribution is 7.92. The summed E-state index contributed by atoms with van der Waals surface area (Å²) >= 11 is 0. The Labute approximate surface area is 199 Å². The van der Waals surface area contributed by atoms with Gasteiger partial charge in [0.05, 0.1) is 30.3 Å². The first-order valence-electron chi connectivity index (χ1n) is 10.0. The number of carboxylic acid groups (broad SMARTS) is 2. The van der Waals surface area contributed by atoms with Crippen LogP contribution in [0.5, 0.6) is 5.75 Å². The normalized spacial score (nSPS) is 14.0. The maximum absolute atomic E-state index is 11.7. The Morgan fingerprint density at radius 2 is 1.49 bits per heavy atom. The maximum Gasteiger partial charge on any atom is 0.490 e. The van der Waals surface area contributed by atoms with Gasteiger partial charge in [-0.25, -0.2) is 18.0 Å². The molecule has 0 saturated carbocycles. The zero-order valence-electron chi connectivity index (χ0n) is 18.7. The number of alkyl halides is 3. The standard InChI is InChI=1S/C19H23N3O5S.C2HF3O2/c1-27-16-6-4-15(5-7-16)21-9-11-22(12-10-21)18-8-3-14(19(23)24)13-17(18)20-28(2,25)26;3-2(4,5)1(6)7/h3-8,13,20H,9-12H2,1-2H3,(H,23,24);(H,6,7). The van der Waals surface area contributed by atoms with Gasteiger partial charge in [-0.3, -0.25) is 4.72 Å². The summed E-state index contributed by atoms with van der Waals surface area (Å²) in [6.45, 7) is 2.87. The molecule has 0 atom stereocenters. The number of hydrogen-bond acceptors (Lipinski definition) is 7. The van der Waals surface area contributed by atoms with Crippen LogP contribution < -0.4 is 19.3 Å². The predicted molar refractivity (Wildman–Crippen MR) is 123 cm³/mol. The molecular formula is C21H24F3N3O7S. The molecule has 192 valence electrons. The largest absolute Gasteiger partial charge is 0.497 e. The number of hydrogen-bond donors (Lipinski definition) is 3. The van der Waals surface area contributed by atoms with Gasteiger partial charge in [0, 0.05) is 31.9 Å².